The van der Waals surface area contributed by atoms with Crippen LogP contribution in [0.4, 0.5) is 0 Å². The first-order valence-corrected chi connectivity index (χ1v) is 11.3. The maximum Gasteiger partial charge on any atom is 0.287 e. The van der Waals surface area contributed by atoms with Crippen molar-refractivity contribution in [2.24, 2.45) is 0 Å². The van der Waals surface area contributed by atoms with Crippen LogP contribution in [0.3, 0.4) is 0 Å². The molecule has 3 aliphatic rings. The van der Waals surface area contributed by atoms with Gasteiger partial charge >= 0.3 is 0 Å². The molecular formula is C24H26N4O3. The van der Waals surface area contributed by atoms with E-state index in [2.05, 4.69) is 16.5 Å². The normalized spacial score (nSPS) is 19.8. The van der Waals surface area contributed by atoms with Gasteiger partial charge in [0.05, 0.1) is 24.0 Å². The summed E-state index contributed by atoms with van der Waals surface area (Å²) in [6, 6.07) is 5.92. The fraction of sp³-hybridized carbons (Fsp3) is 0.458. The molecule has 0 unspecified atom stereocenters. The summed E-state index contributed by atoms with van der Waals surface area (Å²) in [5.41, 5.74) is 5.29. The van der Waals surface area contributed by atoms with E-state index >= 15 is 0 Å². The molecule has 0 bridgehead atoms. The number of pyridine rings is 1. The van der Waals surface area contributed by atoms with Crippen LogP contribution in [0.25, 0.3) is 11.3 Å². The average Bonchev–Trinajstić information content (AvgIpc) is 3.18. The van der Waals surface area contributed by atoms with Crippen LogP contribution in [0.2, 0.25) is 0 Å². The number of ether oxygens (including phenoxy) is 1. The number of furan rings is 1. The molecule has 3 aromatic heterocycles. The van der Waals surface area contributed by atoms with Gasteiger partial charge in [-0.15, -0.1) is 0 Å². The number of aromatic nitrogens is 3. The average molecular weight is 418 g/mol. The molecule has 1 saturated carbocycles. The van der Waals surface area contributed by atoms with Crippen molar-refractivity contribution in [3.05, 3.63) is 58.9 Å². The Kier molecular flexibility index (Phi) is 4.64. The second kappa shape index (κ2) is 7.64. The summed E-state index contributed by atoms with van der Waals surface area (Å²) in [5.74, 6) is 1.65. The van der Waals surface area contributed by atoms with Gasteiger partial charge in [0.1, 0.15) is 5.76 Å². The minimum Gasteiger partial charge on any atom is -0.455 e. The molecule has 4 heterocycles. The SMILES string of the molecule is O=C(NC[C@@H]1CCCO1)c1oc2c(c1C1CC1)-c1nn(Cc3ccccn3)cc1CC2. The summed E-state index contributed by atoms with van der Waals surface area (Å²) in [4.78, 5) is 17.5. The van der Waals surface area contributed by atoms with E-state index in [0.29, 0.717) is 24.8 Å². The maximum atomic E-state index is 13.0. The molecule has 7 heteroatoms. The van der Waals surface area contributed by atoms with Crippen molar-refractivity contribution in [3.63, 3.8) is 0 Å². The molecule has 2 aliphatic carbocycles. The van der Waals surface area contributed by atoms with Crippen LogP contribution in [-0.2, 0) is 24.1 Å². The van der Waals surface area contributed by atoms with E-state index < -0.39 is 0 Å². The van der Waals surface area contributed by atoms with Gasteiger partial charge in [-0.1, -0.05) is 6.07 Å². The van der Waals surface area contributed by atoms with Gasteiger partial charge in [-0.05, 0) is 55.7 Å². The molecule has 0 aromatic carbocycles. The Morgan fingerprint density at radius 2 is 2.16 bits per heavy atom. The van der Waals surface area contributed by atoms with Crippen molar-refractivity contribution in [2.75, 3.05) is 13.2 Å². The molecule has 31 heavy (non-hydrogen) atoms. The Labute approximate surface area is 180 Å². The largest absolute Gasteiger partial charge is 0.455 e. The summed E-state index contributed by atoms with van der Waals surface area (Å²) in [6.45, 7) is 1.96. The zero-order valence-electron chi connectivity index (χ0n) is 17.5. The zero-order chi connectivity index (χ0) is 20.8. The Bertz CT molecular complexity index is 1110. The number of hydrogen-bond donors (Lipinski definition) is 1. The van der Waals surface area contributed by atoms with Crippen molar-refractivity contribution in [2.45, 2.75) is 57.1 Å². The molecule has 7 nitrogen and oxygen atoms in total. The number of hydrogen-bond acceptors (Lipinski definition) is 5. The fourth-order valence-corrected chi connectivity index (χ4v) is 4.79. The van der Waals surface area contributed by atoms with Gasteiger partial charge in [-0.3, -0.25) is 14.5 Å². The summed E-state index contributed by atoms with van der Waals surface area (Å²) in [7, 11) is 0. The van der Waals surface area contributed by atoms with Crippen molar-refractivity contribution < 1.29 is 13.9 Å². The number of aryl methyl sites for hydroxylation is 2. The van der Waals surface area contributed by atoms with E-state index in [1.54, 1.807) is 6.20 Å². The molecule has 160 valence electrons. The highest BCUT2D eigenvalue weighted by Crippen LogP contribution is 2.50. The van der Waals surface area contributed by atoms with Gasteiger partial charge in [0, 0.05) is 43.1 Å². The first-order chi connectivity index (χ1) is 15.3. The summed E-state index contributed by atoms with van der Waals surface area (Å²) < 4.78 is 13.8. The van der Waals surface area contributed by atoms with Crippen LogP contribution < -0.4 is 5.32 Å². The lowest BCUT2D eigenvalue weighted by molar-refractivity contribution is 0.0832. The zero-order valence-corrected chi connectivity index (χ0v) is 17.5. The number of amides is 1. The predicted molar refractivity (Wildman–Crippen MR) is 114 cm³/mol. The minimum absolute atomic E-state index is 0.117. The van der Waals surface area contributed by atoms with Crippen LogP contribution in [-0.4, -0.2) is 39.9 Å². The lowest BCUT2D eigenvalue weighted by Crippen LogP contribution is -2.32. The van der Waals surface area contributed by atoms with Gasteiger partial charge in [0.15, 0.2) is 5.76 Å². The molecular weight excluding hydrogens is 392 g/mol. The summed E-state index contributed by atoms with van der Waals surface area (Å²) >= 11 is 0. The highest BCUT2D eigenvalue weighted by atomic mass is 16.5. The first kappa shape index (κ1) is 18.8. The Hall–Kier alpha value is -2.93. The lowest BCUT2D eigenvalue weighted by atomic mass is 9.91. The van der Waals surface area contributed by atoms with Gasteiger partial charge in [0.25, 0.3) is 5.91 Å². The number of rotatable bonds is 6. The van der Waals surface area contributed by atoms with Crippen molar-refractivity contribution in [3.8, 4) is 11.3 Å². The Morgan fingerprint density at radius 3 is 2.94 bits per heavy atom. The molecule has 1 amide bonds. The van der Waals surface area contributed by atoms with Gasteiger partial charge in [-0.25, -0.2) is 0 Å². The second-order valence-corrected chi connectivity index (χ2v) is 8.78. The summed E-state index contributed by atoms with van der Waals surface area (Å²) in [6.07, 6.45) is 9.98. The van der Waals surface area contributed by atoms with Crippen molar-refractivity contribution >= 4 is 5.91 Å². The van der Waals surface area contributed by atoms with E-state index in [4.69, 9.17) is 14.3 Å². The summed E-state index contributed by atoms with van der Waals surface area (Å²) in [5, 5.41) is 7.95. The topological polar surface area (TPSA) is 82.2 Å². The minimum atomic E-state index is -0.124. The van der Waals surface area contributed by atoms with E-state index in [1.165, 1.54) is 5.56 Å². The predicted octanol–water partition coefficient (Wildman–Crippen LogP) is 3.47. The molecule has 1 atom stereocenters. The molecule has 2 fully saturated rings. The smallest absolute Gasteiger partial charge is 0.287 e. The molecule has 6 rings (SSSR count). The van der Waals surface area contributed by atoms with E-state index in [0.717, 1.165) is 73.4 Å². The molecule has 0 spiro atoms. The lowest BCUT2D eigenvalue weighted by Gasteiger charge is -2.11. The number of fused-ring (bicyclic) bond motifs is 3. The Morgan fingerprint density at radius 1 is 1.23 bits per heavy atom. The maximum absolute atomic E-state index is 13.0. The van der Waals surface area contributed by atoms with Gasteiger partial charge < -0.3 is 14.5 Å². The van der Waals surface area contributed by atoms with Crippen LogP contribution >= 0.6 is 0 Å². The van der Waals surface area contributed by atoms with Crippen molar-refractivity contribution in [1.29, 1.82) is 0 Å². The van der Waals surface area contributed by atoms with E-state index in [1.807, 2.05) is 22.9 Å². The first-order valence-electron chi connectivity index (χ1n) is 11.3. The third-order valence-electron chi connectivity index (χ3n) is 6.47. The number of carbonyl (C=O) groups excluding carboxylic acids is 1. The monoisotopic (exact) mass is 418 g/mol. The molecule has 3 aromatic rings. The molecule has 1 aliphatic heterocycles. The number of carbonyl (C=O) groups is 1. The third-order valence-corrected chi connectivity index (χ3v) is 6.47. The van der Waals surface area contributed by atoms with Gasteiger partial charge in [0.2, 0.25) is 0 Å². The third kappa shape index (κ3) is 3.57. The number of nitrogens with one attached hydrogen (secondary N) is 1. The molecule has 0 radical (unpaired) electrons. The van der Waals surface area contributed by atoms with Crippen LogP contribution in [0.15, 0.2) is 35.0 Å². The van der Waals surface area contributed by atoms with Crippen molar-refractivity contribution in [1.82, 2.24) is 20.1 Å². The number of nitrogens with zero attached hydrogens (tertiary/aromatic N) is 3. The second-order valence-electron chi connectivity index (χ2n) is 8.78. The standard InChI is InChI=1S/C24H26N4O3/c29-24(26-12-18-5-3-11-30-18)23-20(15-6-7-15)21-19(31-23)9-8-16-13-28(27-22(16)21)14-17-4-1-2-10-25-17/h1-2,4,10,13,15,18H,3,5-9,11-12,14H2,(H,26,29)/t18-/m0/s1. The van der Waals surface area contributed by atoms with Crippen LogP contribution in [0, 0.1) is 0 Å². The fourth-order valence-electron chi connectivity index (χ4n) is 4.79. The van der Waals surface area contributed by atoms with E-state index in [-0.39, 0.29) is 12.0 Å². The van der Waals surface area contributed by atoms with Gasteiger partial charge in [-0.2, -0.15) is 5.10 Å². The van der Waals surface area contributed by atoms with E-state index in [9.17, 15) is 4.79 Å². The quantitative estimate of drug-likeness (QED) is 0.663. The van der Waals surface area contributed by atoms with Crippen LogP contribution in [0.5, 0.6) is 0 Å². The molecule has 1 saturated heterocycles. The van der Waals surface area contributed by atoms with Crippen LogP contribution in [0.1, 0.15) is 64.7 Å². The highest BCUT2D eigenvalue weighted by molar-refractivity contribution is 5.96. The Balaban J connectivity index is 1.31. The molecule has 1 N–H and O–H groups in total. The highest BCUT2D eigenvalue weighted by Gasteiger charge is 2.39.